The van der Waals surface area contributed by atoms with Crippen LogP contribution < -0.4 is 10.5 Å². The maximum Gasteiger partial charge on any atom is 0.124 e. The van der Waals surface area contributed by atoms with Gasteiger partial charge in [-0.2, -0.15) is 5.10 Å². The van der Waals surface area contributed by atoms with E-state index < -0.39 is 0 Å². The van der Waals surface area contributed by atoms with Crippen molar-refractivity contribution >= 4 is 11.6 Å². The molecule has 0 bridgehead atoms. The van der Waals surface area contributed by atoms with Crippen LogP contribution in [0.4, 0.5) is 4.39 Å². The number of methoxy groups -OCH3 is 1. The first-order chi connectivity index (χ1) is 11.6. The van der Waals surface area contributed by atoms with E-state index in [1.165, 1.54) is 12.1 Å². The van der Waals surface area contributed by atoms with E-state index in [0.717, 1.165) is 22.7 Å². The molecule has 0 atom stereocenters. The summed E-state index contributed by atoms with van der Waals surface area (Å²) in [6, 6.07) is 14.0. The third-order valence-corrected chi connectivity index (χ3v) is 4.03. The van der Waals surface area contributed by atoms with Gasteiger partial charge in [0.05, 0.1) is 23.5 Å². The van der Waals surface area contributed by atoms with E-state index >= 15 is 0 Å². The number of nitrogens with two attached hydrogens (primary N) is 1. The molecule has 2 N–H and O–H groups in total. The minimum Gasteiger partial charge on any atom is -0.497 e. The first kappa shape index (κ1) is 16.5. The molecule has 0 aliphatic carbocycles. The Morgan fingerprint density at radius 1 is 1.17 bits per heavy atom. The molecule has 0 saturated carbocycles. The Bertz CT molecular complexity index is 846. The first-order valence-electron chi connectivity index (χ1n) is 7.47. The summed E-state index contributed by atoms with van der Waals surface area (Å²) in [6.45, 7) is 0.321. The fourth-order valence-corrected chi connectivity index (χ4v) is 2.76. The number of hydrogen-bond donors (Lipinski definition) is 1. The van der Waals surface area contributed by atoms with Crippen molar-refractivity contribution in [3.8, 4) is 11.4 Å². The Kier molecular flexibility index (Phi) is 4.83. The van der Waals surface area contributed by atoms with E-state index in [9.17, 15) is 4.39 Å². The van der Waals surface area contributed by atoms with Crippen LogP contribution in [0.5, 0.6) is 5.75 Å². The molecule has 0 spiro atoms. The monoisotopic (exact) mass is 345 g/mol. The van der Waals surface area contributed by atoms with Crippen molar-refractivity contribution in [3.05, 3.63) is 76.3 Å². The maximum absolute atomic E-state index is 13.3. The lowest BCUT2D eigenvalue weighted by molar-refractivity contribution is 0.414. The van der Waals surface area contributed by atoms with Gasteiger partial charge in [0.25, 0.3) is 0 Å². The standard InChI is InChI=1S/C18H17ClFN3O/c1-24-16-5-2-12(3-6-16)8-15-10-14(11-21)22-23(15)18-7-4-13(20)9-17(18)19/h2-7,9-10H,8,11,21H2,1H3. The largest absolute Gasteiger partial charge is 0.497 e. The number of aromatic nitrogens is 2. The van der Waals surface area contributed by atoms with Gasteiger partial charge in [-0.25, -0.2) is 9.07 Å². The molecule has 0 aliphatic rings. The van der Waals surface area contributed by atoms with Crippen LogP contribution in [0.3, 0.4) is 0 Å². The van der Waals surface area contributed by atoms with Crippen LogP contribution in [0.25, 0.3) is 5.69 Å². The Balaban J connectivity index is 1.99. The molecule has 6 heteroatoms. The third kappa shape index (κ3) is 3.42. The lowest BCUT2D eigenvalue weighted by atomic mass is 10.1. The molecule has 1 heterocycles. The summed E-state index contributed by atoms with van der Waals surface area (Å²) in [5, 5.41) is 4.78. The molecular formula is C18H17ClFN3O. The van der Waals surface area contributed by atoms with E-state index in [0.29, 0.717) is 23.7 Å². The summed E-state index contributed by atoms with van der Waals surface area (Å²) in [7, 11) is 1.63. The van der Waals surface area contributed by atoms with Gasteiger partial charge in [-0.15, -0.1) is 0 Å². The number of halogens is 2. The molecule has 1 aromatic heterocycles. The minimum atomic E-state index is -0.383. The predicted octanol–water partition coefficient (Wildman–Crippen LogP) is 3.72. The summed E-state index contributed by atoms with van der Waals surface area (Å²) in [4.78, 5) is 0. The smallest absolute Gasteiger partial charge is 0.124 e. The first-order valence-corrected chi connectivity index (χ1v) is 7.84. The molecular weight excluding hydrogens is 329 g/mol. The Morgan fingerprint density at radius 2 is 1.92 bits per heavy atom. The summed E-state index contributed by atoms with van der Waals surface area (Å²) in [6.07, 6.45) is 0.644. The summed E-state index contributed by atoms with van der Waals surface area (Å²) in [5.41, 5.74) is 9.11. The van der Waals surface area contributed by atoms with Gasteiger partial charge >= 0.3 is 0 Å². The van der Waals surface area contributed by atoms with E-state index in [1.807, 2.05) is 30.3 Å². The topological polar surface area (TPSA) is 53.1 Å². The average Bonchev–Trinajstić information content (AvgIpc) is 2.98. The van der Waals surface area contributed by atoms with Crippen molar-refractivity contribution in [2.75, 3.05) is 7.11 Å². The van der Waals surface area contributed by atoms with Gasteiger partial charge in [0.15, 0.2) is 0 Å². The molecule has 3 rings (SSSR count). The van der Waals surface area contributed by atoms with Gasteiger partial charge in [-0.05, 0) is 42.0 Å². The van der Waals surface area contributed by atoms with E-state index in [1.54, 1.807) is 17.9 Å². The van der Waals surface area contributed by atoms with Crippen LogP contribution in [0.15, 0.2) is 48.5 Å². The van der Waals surface area contributed by atoms with Crippen molar-refractivity contribution in [3.63, 3.8) is 0 Å². The van der Waals surface area contributed by atoms with Gasteiger partial charge in [-0.3, -0.25) is 0 Å². The molecule has 0 amide bonds. The third-order valence-electron chi connectivity index (χ3n) is 3.73. The molecule has 4 nitrogen and oxygen atoms in total. The van der Waals surface area contributed by atoms with Gasteiger partial charge in [0.2, 0.25) is 0 Å². The quantitative estimate of drug-likeness (QED) is 0.766. The van der Waals surface area contributed by atoms with Crippen molar-refractivity contribution in [1.82, 2.24) is 9.78 Å². The zero-order valence-electron chi connectivity index (χ0n) is 13.2. The molecule has 124 valence electrons. The fourth-order valence-electron chi connectivity index (χ4n) is 2.51. The highest BCUT2D eigenvalue weighted by Crippen LogP contribution is 2.24. The zero-order chi connectivity index (χ0) is 17.1. The number of rotatable bonds is 5. The molecule has 0 radical (unpaired) electrons. The second kappa shape index (κ2) is 7.03. The van der Waals surface area contributed by atoms with Gasteiger partial charge in [0, 0.05) is 18.7 Å². The Labute approximate surface area is 144 Å². The van der Waals surface area contributed by atoms with Crippen LogP contribution in [0, 0.1) is 5.82 Å². The molecule has 0 saturated heterocycles. The van der Waals surface area contributed by atoms with Gasteiger partial charge in [-0.1, -0.05) is 23.7 Å². The van der Waals surface area contributed by atoms with Gasteiger partial charge in [0.1, 0.15) is 11.6 Å². The minimum absolute atomic E-state index is 0.303. The summed E-state index contributed by atoms with van der Waals surface area (Å²) in [5.74, 6) is 0.420. The van der Waals surface area contributed by atoms with Crippen molar-refractivity contribution in [2.24, 2.45) is 5.73 Å². The Hall–Kier alpha value is -2.37. The molecule has 0 aliphatic heterocycles. The SMILES string of the molecule is COc1ccc(Cc2cc(CN)nn2-c2ccc(F)cc2Cl)cc1. The van der Waals surface area contributed by atoms with Crippen LogP contribution >= 0.6 is 11.6 Å². The lowest BCUT2D eigenvalue weighted by Gasteiger charge is -2.10. The Morgan fingerprint density at radius 3 is 2.54 bits per heavy atom. The molecule has 0 unspecified atom stereocenters. The lowest BCUT2D eigenvalue weighted by Crippen LogP contribution is -2.05. The van der Waals surface area contributed by atoms with E-state index in [2.05, 4.69) is 5.10 Å². The van der Waals surface area contributed by atoms with E-state index in [4.69, 9.17) is 22.1 Å². The maximum atomic E-state index is 13.3. The van der Waals surface area contributed by atoms with Crippen LogP contribution in [0.1, 0.15) is 17.0 Å². The average molecular weight is 346 g/mol. The second-order valence-electron chi connectivity index (χ2n) is 5.36. The number of hydrogen-bond acceptors (Lipinski definition) is 3. The van der Waals surface area contributed by atoms with E-state index in [-0.39, 0.29) is 5.82 Å². The predicted molar refractivity (Wildman–Crippen MR) is 92.2 cm³/mol. The van der Waals surface area contributed by atoms with Crippen LogP contribution in [-0.4, -0.2) is 16.9 Å². The molecule has 3 aromatic rings. The van der Waals surface area contributed by atoms with Crippen molar-refractivity contribution in [1.29, 1.82) is 0 Å². The normalized spacial score (nSPS) is 10.8. The highest BCUT2D eigenvalue weighted by molar-refractivity contribution is 6.32. The number of benzene rings is 2. The molecule has 0 fully saturated rings. The van der Waals surface area contributed by atoms with Crippen molar-refractivity contribution in [2.45, 2.75) is 13.0 Å². The summed E-state index contributed by atoms with van der Waals surface area (Å²) >= 11 is 6.18. The highest BCUT2D eigenvalue weighted by Gasteiger charge is 2.13. The van der Waals surface area contributed by atoms with Crippen LogP contribution in [-0.2, 0) is 13.0 Å². The number of nitrogens with zero attached hydrogens (tertiary/aromatic N) is 2. The summed E-state index contributed by atoms with van der Waals surface area (Å²) < 4.78 is 20.2. The highest BCUT2D eigenvalue weighted by atomic mass is 35.5. The van der Waals surface area contributed by atoms with Crippen molar-refractivity contribution < 1.29 is 9.13 Å². The molecule has 24 heavy (non-hydrogen) atoms. The second-order valence-corrected chi connectivity index (χ2v) is 5.77. The zero-order valence-corrected chi connectivity index (χ0v) is 13.9. The fraction of sp³-hybridized carbons (Fsp3) is 0.167. The number of ether oxygens (including phenoxy) is 1. The molecule has 2 aromatic carbocycles. The van der Waals surface area contributed by atoms with Crippen LogP contribution in [0.2, 0.25) is 5.02 Å². The van der Waals surface area contributed by atoms with Gasteiger partial charge < -0.3 is 10.5 Å².